The third kappa shape index (κ3) is 4.94. The van der Waals surface area contributed by atoms with Crippen molar-refractivity contribution >= 4 is 29.4 Å². The number of oxime groups is 1. The second-order valence-corrected chi connectivity index (χ2v) is 5.96. The highest BCUT2D eigenvalue weighted by molar-refractivity contribution is 6.30. The van der Waals surface area contributed by atoms with Gasteiger partial charge in [-0.25, -0.2) is 0 Å². The Labute approximate surface area is 157 Å². The van der Waals surface area contributed by atoms with Crippen molar-refractivity contribution in [2.45, 2.75) is 0 Å². The van der Waals surface area contributed by atoms with E-state index in [-0.39, 0.29) is 12.5 Å². The minimum atomic E-state index is -0.276. The number of carbonyl (C=O) groups excluding carboxylic acids is 1. The zero-order valence-corrected chi connectivity index (χ0v) is 14.7. The highest BCUT2D eigenvalue weighted by atomic mass is 35.5. The van der Waals surface area contributed by atoms with Gasteiger partial charge >= 0.3 is 0 Å². The molecule has 130 valence electrons. The largest absolute Gasteiger partial charge is 0.386 e. The molecule has 0 fully saturated rings. The molecule has 0 bridgehead atoms. The number of amides is 1. The van der Waals surface area contributed by atoms with E-state index in [2.05, 4.69) is 10.5 Å². The third-order valence-corrected chi connectivity index (χ3v) is 3.88. The van der Waals surface area contributed by atoms with Gasteiger partial charge in [-0.05, 0) is 29.3 Å². The van der Waals surface area contributed by atoms with E-state index in [1.807, 2.05) is 66.7 Å². The van der Waals surface area contributed by atoms with E-state index in [1.54, 1.807) is 12.1 Å². The van der Waals surface area contributed by atoms with Crippen molar-refractivity contribution in [3.63, 3.8) is 0 Å². The Morgan fingerprint density at radius 3 is 2.42 bits per heavy atom. The lowest BCUT2D eigenvalue weighted by molar-refractivity contribution is -0.120. The highest BCUT2D eigenvalue weighted by Gasteiger charge is 2.08. The Morgan fingerprint density at radius 2 is 1.65 bits per heavy atom. The van der Waals surface area contributed by atoms with Crippen LogP contribution in [0.15, 0.2) is 84.0 Å². The van der Waals surface area contributed by atoms with Crippen molar-refractivity contribution < 1.29 is 9.63 Å². The summed E-state index contributed by atoms with van der Waals surface area (Å²) in [6, 6.07) is 24.6. The second kappa shape index (κ2) is 8.83. The fourth-order valence-corrected chi connectivity index (χ4v) is 2.52. The number of halogens is 1. The number of benzene rings is 3. The van der Waals surface area contributed by atoms with Gasteiger partial charge in [-0.1, -0.05) is 77.4 Å². The Morgan fingerprint density at radius 1 is 0.962 bits per heavy atom. The van der Waals surface area contributed by atoms with Crippen LogP contribution in [0.5, 0.6) is 0 Å². The first-order chi connectivity index (χ1) is 12.7. The van der Waals surface area contributed by atoms with Crippen molar-refractivity contribution in [1.82, 2.24) is 0 Å². The van der Waals surface area contributed by atoms with E-state index in [1.165, 1.54) is 6.21 Å². The predicted molar refractivity (Wildman–Crippen MR) is 106 cm³/mol. The van der Waals surface area contributed by atoms with Gasteiger partial charge in [0.15, 0.2) is 6.61 Å². The summed E-state index contributed by atoms with van der Waals surface area (Å²) in [5, 5.41) is 7.32. The predicted octanol–water partition coefficient (Wildman–Crippen LogP) is 5.00. The molecule has 1 N–H and O–H groups in total. The smallest absolute Gasteiger partial charge is 0.265 e. The van der Waals surface area contributed by atoms with Gasteiger partial charge in [-0.2, -0.15) is 0 Å². The van der Waals surface area contributed by atoms with Gasteiger partial charge in [0.1, 0.15) is 0 Å². The first kappa shape index (κ1) is 17.7. The molecule has 0 aliphatic heterocycles. The van der Waals surface area contributed by atoms with Gasteiger partial charge in [0.05, 0.1) is 6.21 Å². The SMILES string of the molecule is O=C(CO/N=C\c1ccc(Cl)cc1)Nc1ccccc1-c1ccccc1. The summed E-state index contributed by atoms with van der Waals surface area (Å²) in [5.41, 5.74) is 3.55. The molecule has 0 saturated heterocycles. The van der Waals surface area contributed by atoms with Crippen LogP contribution in [0.25, 0.3) is 11.1 Å². The highest BCUT2D eigenvalue weighted by Crippen LogP contribution is 2.27. The molecule has 0 aliphatic rings. The number of anilines is 1. The number of nitrogens with one attached hydrogen (secondary N) is 1. The van der Waals surface area contributed by atoms with Crippen LogP contribution in [0.2, 0.25) is 5.02 Å². The summed E-state index contributed by atoms with van der Waals surface area (Å²) >= 11 is 5.82. The average molecular weight is 365 g/mol. The van der Waals surface area contributed by atoms with Crippen LogP contribution >= 0.6 is 11.6 Å². The fraction of sp³-hybridized carbons (Fsp3) is 0.0476. The van der Waals surface area contributed by atoms with Gasteiger partial charge in [0.2, 0.25) is 0 Å². The van der Waals surface area contributed by atoms with E-state index < -0.39 is 0 Å². The van der Waals surface area contributed by atoms with Gasteiger partial charge in [-0.15, -0.1) is 0 Å². The van der Waals surface area contributed by atoms with Crippen LogP contribution in [-0.2, 0) is 9.63 Å². The molecule has 0 atom stereocenters. The van der Waals surface area contributed by atoms with Crippen molar-refractivity contribution in [2.75, 3.05) is 11.9 Å². The summed E-state index contributed by atoms with van der Waals surface area (Å²) in [7, 11) is 0. The standard InChI is InChI=1S/C21H17ClN2O2/c22-18-12-10-16(11-13-18)14-23-26-15-21(25)24-20-9-5-4-8-19(20)17-6-2-1-3-7-17/h1-14H,15H2,(H,24,25)/b23-14-. The molecule has 0 unspecified atom stereocenters. The number of nitrogens with zero attached hydrogens (tertiary/aromatic N) is 1. The Balaban J connectivity index is 1.58. The van der Waals surface area contributed by atoms with Crippen LogP contribution in [-0.4, -0.2) is 18.7 Å². The summed E-state index contributed by atoms with van der Waals surface area (Å²) in [6.45, 7) is -0.173. The van der Waals surface area contributed by atoms with Gasteiger partial charge < -0.3 is 10.2 Å². The molecule has 0 aromatic heterocycles. The Kier molecular flexibility index (Phi) is 6.01. The number of hydrogen-bond acceptors (Lipinski definition) is 3. The maximum Gasteiger partial charge on any atom is 0.265 e. The molecular formula is C21H17ClN2O2. The number of carbonyl (C=O) groups is 1. The minimum Gasteiger partial charge on any atom is -0.386 e. The monoisotopic (exact) mass is 364 g/mol. The lowest BCUT2D eigenvalue weighted by atomic mass is 10.0. The molecule has 0 radical (unpaired) electrons. The van der Waals surface area contributed by atoms with Crippen molar-refractivity contribution in [2.24, 2.45) is 5.16 Å². The number of rotatable bonds is 6. The number of hydrogen-bond donors (Lipinski definition) is 1. The molecule has 5 heteroatoms. The van der Waals surface area contributed by atoms with Crippen LogP contribution in [0.1, 0.15) is 5.56 Å². The van der Waals surface area contributed by atoms with Crippen molar-refractivity contribution in [3.8, 4) is 11.1 Å². The average Bonchev–Trinajstić information content (AvgIpc) is 2.68. The first-order valence-corrected chi connectivity index (χ1v) is 8.45. The Hall–Kier alpha value is -3.11. The minimum absolute atomic E-state index is 0.173. The Bertz CT molecular complexity index is 893. The zero-order chi connectivity index (χ0) is 18.2. The van der Waals surface area contributed by atoms with E-state index in [0.29, 0.717) is 5.02 Å². The van der Waals surface area contributed by atoms with Crippen LogP contribution in [0.4, 0.5) is 5.69 Å². The van der Waals surface area contributed by atoms with Crippen molar-refractivity contribution in [1.29, 1.82) is 0 Å². The van der Waals surface area contributed by atoms with Gasteiger partial charge in [-0.3, -0.25) is 4.79 Å². The summed E-state index contributed by atoms with van der Waals surface area (Å²) in [6.07, 6.45) is 1.53. The zero-order valence-electron chi connectivity index (χ0n) is 13.9. The molecule has 0 spiro atoms. The fourth-order valence-electron chi connectivity index (χ4n) is 2.39. The molecule has 1 amide bonds. The first-order valence-electron chi connectivity index (χ1n) is 8.07. The van der Waals surface area contributed by atoms with Crippen molar-refractivity contribution in [3.05, 3.63) is 89.4 Å². The molecule has 4 nitrogen and oxygen atoms in total. The van der Waals surface area contributed by atoms with Gasteiger partial charge in [0.25, 0.3) is 5.91 Å². The summed E-state index contributed by atoms with van der Waals surface area (Å²) < 4.78 is 0. The summed E-state index contributed by atoms with van der Waals surface area (Å²) in [4.78, 5) is 17.2. The van der Waals surface area contributed by atoms with Crippen LogP contribution in [0.3, 0.4) is 0 Å². The topological polar surface area (TPSA) is 50.7 Å². The molecule has 3 rings (SSSR count). The quantitative estimate of drug-likeness (QED) is 0.494. The maximum absolute atomic E-state index is 12.1. The molecule has 26 heavy (non-hydrogen) atoms. The summed E-state index contributed by atoms with van der Waals surface area (Å²) in [5.74, 6) is -0.276. The van der Waals surface area contributed by atoms with Gasteiger partial charge in [0, 0.05) is 16.3 Å². The van der Waals surface area contributed by atoms with E-state index in [9.17, 15) is 4.79 Å². The molecule has 0 heterocycles. The molecule has 0 aliphatic carbocycles. The normalized spacial score (nSPS) is 10.7. The molecule has 3 aromatic carbocycles. The number of para-hydroxylation sites is 1. The third-order valence-electron chi connectivity index (χ3n) is 3.63. The molecule has 3 aromatic rings. The molecule has 0 saturated carbocycles. The van der Waals surface area contributed by atoms with Crippen LogP contribution in [0, 0.1) is 0 Å². The van der Waals surface area contributed by atoms with E-state index in [4.69, 9.17) is 16.4 Å². The molecular weight excluding hydrogens is 348 g/mol. The second-order valence-electron chi connectivity index (χ2n) is 5.52. The van der Waals surface area contributed by atoms with Crippen LogP contribution < -0.4 is 5.32 Å². The lowest BCUT2D eigenvalue weighted by Gasteiger charge is -2.10. The lowest BCUT2D eigenvalue weighted by Crippen LogP contribution is -2.17. The maximum atomic E-state index is 12.1. The van der Waals surface area contributed by atoms with E-state index >= 15 is 0 Å². The van der Waals surface area contributed by atoms with E-state index in [0.717, 1.165) is 22.4 Å².